The van der Waals surface area contributed by atoms with Gasteiger partial charge in [-0.1, -0.05) is 26.3 Å². The normalized spacial score (nSPS) is 15.9. The Morgan fingerprint density at radius 2 is 2.05 bits per heavy atom. The highest BCUT2D eigenvalue weighted by atomic mass is 19.4. The number of nitrogens with two attached hydrogens (primary N) is 1. The van der Waals surface area contributed by atoms with E-state index in [9.17, 15) is 18.0 Å². The molecule has 5 N–H and O–H groups in total. The van der Waals surface area contributed by atoms with E-state index in [4.69, 9.17) is 15.9 Å². The van der Waals surface area contributed by atoms with Crippen molar-refractivity contribution in [1.82, 2.24) is 10.2 Å². The van der Waals surface area contributed by atoms with Gasteiger partial charge < -0.3 is 26.0 Å². The van der Waals surface area contributed by atoms with E-state index in [2.05, 4.69) is 15.6 Å². The second-order valence-electron chi connectivity index (χ2n) is 8.95. The van der Waals surface area contributed by atoms with Gasteiger partial charge in [0.2, 0.25) is 5.91 Å². The van der Waals surface area contributed by atoms with Crippen LogP contribution in [0, 0.1) is 5.41 Å². The van der Waals surface area contributed by atoms with Gasteiger partial charge in [-0.05, 0) is 49.9 Å². The van der Waals surface area contributed by atoms with Crippen LogP contribution in [0.1, 0.15) is 57.6 Å². The van der Waals surface area contributed by atoms with Gasteiger partial charge >= 0.3 is 6.18 Å². The van der Waals surface area contributed by atoms with Gasteiger partial charge in [-0.3, -0.25) is 10.2 Å². The van der Waals surface area contributed by atoms with Crippen LogP contribution in [0.5, 0.6) is 0 Å². The third-order valence-corrected chi connectivity index (χ3v) is 5.97. The molecular formula is C27H39F3N6O2. The number of amidine groups is 2. The zero-order valence-corrected chi connectivity index (χ0v) is 22.4. The highest BCUT2D eigenvalue weighted by Crippen LogP contribution is 2.31. The minimum atomic E-state index is -4.62. The van der Waals surface area contributed by atoms with Crippen molar-refractivity contribution < 1.29 is 22.7 Å². The molecule has 210 valence electrons. The Kier molecular flexibility index (Phi) is 12.3. The van der Waals surface area contributed by atoms with Crippen LogP contribution in [-0.4, -0.2) is 61.5 Å². The highest BCUT2D eigenvalue weighted by molar-refractivity contribution is 5.98. The maximum Gasteiger partial charge on any atom is 0.419 e. The highest BCUT2D eigenvalue weighted by Gasteiger charge is 2.36. The fourth-order valence-corrected chi connectivity index (χ4v) is 3.87. The number of aliphatic imine (C=N–C) groups is 1. The predicted molar refractivity (Wildman–Crippen MR) is 145 cm³/mol. The lowest BCUT2D eigenvalue weighted by molar-refractivity contribution is -0.130. The summed E-state index contributed by atoms with van der Waals surface area (Å²) in [5.74, 6) is 0.230. The lowest BCUT2D eigenvalue weighted by Crippen LogP contribution is -2.34. The summed E-state index contributed by atoms with van der Waals surface area (Å²) in [4.78, 5) is 17.9. The van der Waals surface area contributed by atoms with E-state index < -0.39 is 11.7 Å². The third-order valence-electron chi connectivity index (χ3n) is 5.97. The molecule has 1 aromatic carbocycles. The van der Waals surface area contributed by atoms with Crippen molar-refractivity contribution in [3.63, 3.8) is 0 Å². The van der Waals surface area contributed by atoms with Crippen LogP contribution in [0.25, 0.3) is 0 Å². The summed E-state index contributed by atoms with van der Waals surface area (Å²) in [5, 5.41) is 13.6. The fraction of sp³-hybridized carbons (Fsp3) is 0.519. The van der Waals surface area contributed by atoms with Gasteiger partial charge in [-0.25, -0.2) is 4.99 Å². The Morgan fingerprint density at radius 3 is 2.71 bits per heavy atom. The molecule has 1 saturated heterocycles. The Bertz CT molecular complexity index is 1050. The number of carbonyl (C=O) groups is 1. The molecule has 1 aromatic rings. The third kappa shape index (κ3) is 9.85. The van der Waals surface area contributed by atoms with Crippen LogP contribution in [-0.2, 0) is 16.0 Å². The van der Waals surface area contributed by atoms with Crippen molar-refractivity contribution in [1.29, 1.82) is 5.41 Å². The second kappa shape index (κ2) is 15.2. The van der Waals surface area contributed by atoms with Crippen molar-refractivity contribution in [3.05, 3.63) is 52.9 Å². The summed E-state index contributed by atoms with van der Waals surface area (Å²) in [6.45, 7) is 7.50. The summed E-state index contributed by atoms with van der Waals surface area (Å²) in [6, 6.07) is 5.19. The first-order chi connectivity index (χ1) is 18.1. The first-order valence-electron chi connectivity index (χ1n) is 12.9. The second-order valence-corrected chi connectivity index (χ2v) is 8.95. The molecule has 0 aromatic heterocycles. The van der Waals surface area contributed by atoms with Crippen LogP contribution in [0.15, 0.2) is 46.7 Å². The SMILES string of the molecule is CCC/C=C(NCCCN1CCOCCC1=O)/C(=C\N=C(C)Nc1ccc(C(=N)N)cc1CC)C(F)(F)F. The van der Waals surface area contributed by atoms with Gasteiger partial charge in [-0.15, -0.1) is 0 Å². The number of hydrogen-bond acceptors (Lipinski definition) is 5. The van der Waals surface area contributed by atoms with Gasteiger partial charge in [0, 0.05) is 42.8 Å². The zero-order valence-electron chi connectivity index (χ0n) is 22.4. The minimum absolute atomic E-state index is 0.000369. The lowest BCUT2D eigenvalue weighted by atomic mass is 10.1. The number of nitrogens with zero attached hydrogens (tertiary/aromatic N) is 2. The maximum atomic E-state index is 14.1. The number of rotatable bonds is 12. The van der Waals surface area contributed by atoms with Crippen LogP contribution < -0.4 is 16.4 Å². The number of amides is 1. The van der Waals surface area contributed by atoms with Crippen molar-refractivity contribution in [3.8, 4) is 0 Å². The topological polar surface area (TPSA) is 116 Å². The molecule has 8 nitrogen and oxygen atoms in total. The van der Waals surface area contributed by atoms with E-state index in [0.29, 0.717) is 69.7 Å². The van der Waals surface area contributed by atoms with Gasteiger partial charge in [0.05, 0.1) is 25.2 Å². The maximum absolute atomic E-state index is 14.1. The van der Waals surface area contributed by atoms with E-state index in [0.717, 1.165) is 11.8 Å². The molecule has 1 amide bonds. The average Bonchev–Trinajstić information content (AvgIpc) is 3.07. The van der Waals surface area contributed by atoms with Gasteiger partial charge in [0.1, 0.15) is 11.7 Å². The number of ether oxygens (including phenoxy) is 1. The van der Waals surface area contributed by atoms with Crippen LogP contribution in [0.2, 0.25) is 0 Å². The molecule has 0 spiro atoms. The molecule has 0 unspecified atom stereocenters. The summed E-state index contributed by atoms with van der Waals surface area (Å²) in [7, 11) is 0. The van der Waals surface area contributed by atoms with Crippen molar-refractivity contribution in [2.75, 3.05) is 38.2 Å². The standard InChI is InChI=1S/C27H39F3N6O2/c1-4-6-8-24(33-12-7-13-36-14-16-38-15-11-25(36)37)22(27(28,29)30)18-34-19(3)35-23-10-9-21(26(31)32)17-20(23)5-2/h8-10,17-18,33H,4-7,11-16H2,1-3H3,(H3,31,32)(H,34,35)/b22-18+,24-8-. The van der Waals surface area contributed by atoms with Crippen LogP contribution in [0.4, 0.5) is 18.9 Å². The number of aryl methyl sites for hydroxylation is 1. The van der Waals surface area contributed by atoms with Gasteiger partial charge in [0.25, 0.3) is 0 Å². The number of nitrogen functional groups attached to an aromatic ring is 1. The van der Waals surface area contributed by atoms with E-state index in [1.807, 2.05) is 13.8 Å². The first-order valence-corrected chi connectivity index (χ1v) is 12.9. The summed E-state index contributed by atoms with van der Waals surface area (Å²) < 4.78 is 47.5. The van der Waals surface area contributed by atoms with E-state index in [1.165, 1.54) is 6.08 Å². The quantitative estimate of drug-likeness (QED) is 0.134. The number of hydrogen-bond donors (Lipinski definition) is 4. The minimum Gasteiger partial charge on any atom is -0.385 e. The summed E-state index contributed by atoms with van der Waals surface area (Å²) in [6.07, 6.45) is 0.387. The number of anilines is 1. The predicted octanol–water partition coefficient (Wildman–Crippen LogP) is 4.72. The average molecular weight is 537 g/mol. The van der Waals surface area contributed by atoms with Crippen molar-refractivity contribution >= 4 is 23.3 Å². The number of benzene rings is 1. The molecule has 0 radical (unpaired) electrons. The van der Waals surface area contributed by atoms with Crippen molar-refractivity contribution in [2.24, 2.45) is 10.7 Å². The molecule has 1 aliphatic rings. The molecular weight excluding hydrogens is 497 g/mol. The number of nitrogens with one attached hydrogen (secondary N) is 3. The zero-order chi connectivity index (χ0) is 28.1. The monoisotopic (exact) mass is 536 g/mol. The first kappa shape index (κ1) is 30.9. The molecule has 11 heteroatoms. The molecule has 1 fully saturated rings. The van der Waals surface area contributed by atoms with Crippen LogP contribution in [0.3, 0.4) is 0 Å². The number of unbranched alkanes of at least 4 members (excludes halogenated alkanes) is 1. The number of halogens is 3. The molecule has 2 rings (SSSR count). The van der Waals surface area contributed by atoms with Gasteiger partial charge in [-0.2, -0.15) is 13.2 Å². The molecule has 38 heavy (non-hydrogen) atoms. The molecule has 1 aliphatic heterocycles. The van der Waals surface area contributed by atoms with Crippen molar-refractivity contribution in [2.45, 2.75) is 59.1 Å². The summed E-state index contributed by atoms with van der Waals surface area (Å²) >= 11 is 0. The van der Waals surface area contributed by atoms with E-state index in [-0.39, 0.29) is 29.8 Å². The van der Waals surface area contributed by atoms with Gasteiger partial charge in [0.15, 0.2) is 0 Å². The van der Waals surface area contributed by atoms with Crippen LogP contribution >= 0.6 is 0 Å². The Labute approximate surface area is 222 Å². The smallest absolute Gasteiger partial charge is 0.385 e. The molecule has 0 atom stereocenters. The Morgan fingerprint density at radius 1 is 1.29 bits per heavy atom. The lowest BCUT2D eigenvalue weighted by Gasteiger charge is -2.21. The van der Waals surface area contributed by atoms with E-state index in [1.54, 1.807) is 30.0 Å². The number of alkyl halides is 3. The van der Waals surface area contributed by atoms with E-state index >= 15 is 0 Å². The fourth-order valence-electron chi connectivity index (χ4n) is 3.87. The molecule has 0 bridgehead atoms. The number of allylic oxidation sites excluding steroid dienone is 2. The largest absolute Gasteiger partial charge is 0.419 e. The molecule has 1 heterocycles. The Hall–Kier alpha value is -3.34. The number of carbonyl (C=O) groups excluding carboxylic acids is 1. The summed E-state index contributed by atoms with van der Waals surface area (Å²) in [5.41, 5.74) is 6.80. The Balaban J connectivity index is 2.17. The molecule has 0 aliphatic carbocycles. The molecule has 0 saturated carbocycles.